The second kappa shape index (κ2) is 7.80. The fraction of sp³-hybridized carbons (Fsp3) is 0.250. The van der Waals surface area contributed by atoms with Gasteiger partial charge in [-0.1, -0.05) is 0 Å². The van der Waals surface area contributed by atoms with E-state index in [1.54, 1.807) is 28.5 Å². The topological polar surface area (TPSA) is 98.7 Å². The van der Waals surface area contributed by atoms with Gasteiger partial charge >= 0.3 is 0 Å². The monoisotopic (exact) mass is 342 g/mol. The average Bonchev–Trinajstić information content (AvgIpc) is 3.24. The number of anilines is 1. The highest BCUT2D eigenvalue weighted by molar-refractivity contribution is 7.09. The van der Waals surface area contributed by atoms with Crippen molar-refractivity contribution >= 4 is 23.1 Å². The lowest BCUT2D eigenvalue weighted by Crippen LogP contribution is -2.13. The Balaban J connectivity index is 1.56. The van der Waals surface area contributed by atoms with Crippen LogP contribution in [-0.2, 0) is 19.4 Å². The van der Waals surface area contributed by atoms with E-state index in [0.717, 1.165) is 18.0 Å². The van der Waals surface area contributed by atoms with Gasteiger partial charge in [0, 0.05) is 43.0 Å². The first-order valence-electron chi connectivity index (χ1n) is 7.63. The molecule has 3 N–H and O–H groups in total. The predicted octanol–water partition coefficient (Wildman–Crippen LogP) is 1.73. The summed E-state index contributed by atoms with van der Waals surface area (Å²) >= 11 is 1.44. The normalized spacial score (nSPS) is 10.7. The number of rotatable bonds is 7. The molecule has 0 saturated carbocycles. The number of carbonyl (C=O) groups is 1. The van der Waals surface area contributed by atoms with Crippen molar-refractivity contribution in [1.29, 1.82) is 0 Å². The van der Waals surface area contributed by atoms with Gasteiger partial charge in [0.05, 0.1) is 5.01 Å². The average molecular weight is 342 g/mol. The van der Waals surface area contributed by atoms with Crippen LogP contribution < -0.4 is 11.1 Å². The minimum Gasteiger partial charge on any atom is -0.330 e. The van der Waals surface area contributed by atoms with Gasteiger partial charge in [-0.15, -0.1) is 11.3 Å². The lowest BCUT2D eigenvalue weighted by Gasteiger charge is -2.02. The van der Waals surface area contributed by atoms with Crippen LogP contribution in [0, 0.1) is 0 Å². The molecular weight excluding hydrogens is 324 g/mol. The maximum absolute atomic E-state index is 12.2. The van der Waals surface area contributed by atoms with E-state index >= 15 is 0 Å². The molecule has 0 aliphatic heterocycles. The van der Waals surface area contributed by atoms with Gasteiger partial charge < -0.3 is 11.1 Å². The van der Waals surface area contributed by atoms with E-state index < -0.39 is 0 Å². The van der Waals surface area contributed by atoms with Crippen molar-refractivity contribution in [3.8, 4) is 0 Å². The summed E-state index contributed by atoms with van der Waals surface area (Å²) in [7, 11) is 0. The Bertz CT molecular complexity index is 798. The van der Waals surface area contributed by atoms with E-state index in [1.807, 2.05) is 18.3 Å². The SMILES string of the molecule is NCCc1nc(C(=O)Nc2ccn(CCc3ccncc3)n2)cs1. The first-order valence-corrected chi connectivity index (χ1v) is 8.51. The third kappa shape index (κ3) is 4.24. The minimum absolute atomic E-state index is 0.256. The molecule has 3 aromatic rings. The number of aryl methyl sites for hydroxylation is 2. The fourth-order valence-corrected chi connectivity index (χ4v) is 2.97. The largest absolute Gasteiger partial charge is 0.330 e. The van der Waals surface area contributed by atoms with Crippen LogP contribution in [0.2, 0.25) is 0 Å². The highest BCUT2D eigenvalue weighted by Gasteiger charge is 2.12. The van der Waals surface area contributed by atoms with Gasteiger partial charge in [-0.2, -0.15) is 5.10 Å². The zero-order valence-corrected chi connectivity index (χ0v) is 13.9. The van der Waals surface area contributed by atoms with Crippen molar-refractivity contribution in [3.63, 3.8) is 0 Å². The molecule has 0 unspecified atom stereocenters. The smallest absolute Gasteiger partial charge is 0.276 e. The molecule has 3 aromatic heterocycles. The molecule has 0 atom stereocenters. The lowest BCUT2D eigenvalue weighted by molar-refractivity contribution is 0.102. The van der Waals surface area contributed by atoms with Crippen LogP contribution >= 0.6 is 11.3 Å². The molecule has 7 nitrogen and oxygen atoms in total. The summed E-state index contributed by atoms with van der Waals surface area (Å²) in [6.07, 6.45) is 6.93. The van der Waals surface area contributed by atoms with Gasteiger partial charge in [-0.3, -0.25) is 14.5 Å². The first kappa shape index (κ1) is 16.3. The van der Waals surface area contributed by atoms with Gasteiger partial charge in [0.25, 0.3) is 5.91 Å². The molecule has 3 heterocycles. The number of hydrogen-bond acceptors (Lipinski definition) is 6. The number of aromatic nitrogens is 4. The Hall–Kier alpha value is -2.58. The highest BCUT2D eigenvalue weighted by atomic mass is 32.1. The summed E-state index contributed by atoms with van der Waals surface area (Å²) in [5, 5.41) is 9.73. The van der Waals surface area contributed by atoms with Crippen LogP contribution in [0.25, 0.3) is 0 Å². The fourth-order valence-electron chi connectivity index (χ4n) is 2.18. The van der Waals surface area contributed by atoms with Gasteiger partial charge in [-0.25, -0.2) is 4.98 Å². The number of carbonyl (C=O) groups excluding carboxylic acids is 1. The van der Waals surface area contributed by atoms with E-state index in [-0.39, 0.29) is 5.91 Å². The number of hydrogen-bond donors (Lipinski definition) is 2. The van der Waals surface area contributed by atoms with Crippen LogP contribution in [0.5, 0.6) is 0 Å². The van der Waals surface area contributed by atoms with E-state index in [4.69, 9.17) is 5.73 Å². The summed E-state index contributed by atoms with van der Waals surface area (Å²) in [6.45, 7) is 1.26. The predicted molar refractivity (Wildman–Crippen MR) is 93.0 cm³/mol. The van der Waals surface area contributed by atoms with Crippen LogP contribution in [0.4, 0.5) is 5.82 Å². The summed E-state index contributed by atoms with van der Waals surface area (Å²) in [5.74, 6) is 0.261. The van der Waals surface area contributed by atoms with E-state index in [9.17, 15) is 4.79 Å². The third-order valence-electron chi connectivity index (χ3n) is 3.40. The second-order valence-corrected chi connectivity index (χ2v) is 6.13. The van der Waals surface area contributed by atoms with Crippen molar-refractivity contribution in [1.82, 2.24) is 19.7 Å². The Morgan fingerprint density at radius 2 is 2.08 bits per heavy atom. The zero-order valence-electron chi connectivity index (χ0n) is 13.1. The van der Waals surface area contributed by atoms with E-state index in [1.165, 1.54) is 16.9 Å². The molecule has 24 heavy (non-hydrogen) atoms. The van der Waals surface area contributed by atoms with Gasteiger partial charge in [0.1, 0.15) is 5.69 Å². The van der Waals surface area contributed by atoms with Crippen LogP contribution in [-0.4, -0.2) is 32.2 Å². The number of nitrogens with one attached hydrogen (secondary N) is 1. The lowest BCUT2D eigenvalue weighted by atomic mass is 10.2. The van der Waals surface area contributed by atoms with Crippen molar-refractivity contribution in [2.75, 3.05) is 11.9 Å². The number of pyridine rings is 1. The molecule has 1 amide bonds. The molecular formula is C16H18N6OS. The molecule has 3 rings (SSSR count). The van der Waals surface area contributed by atoms with E-state index in [2.05, 4.69) is 20.4 Å². The molecule has 124 valence electrons. The van der Waals surface area contributed by atoms with Gasteiger partial charge in [-0.05, 0) is 30.7 Å². The first-order chi connectivity index (χ1) is 11.7. The molecule has 8 heteroatoms. The molecule has 0 aliphatic rings. The minimum atomic E-state index is -0.256. The van der Waals surface area contributed by atoms with Crippen molar-refractivity contribution in [2.24, 2.45) is 5.73 Å². The van der Waals surface area contributed by atoms with Crippen LogP contribution in [0.3, 0.4) is 0 Å². The zero-order chi connectivity index (χ0) is 16.8. The molecule has 0 radical (unpaired) electrons. The Morgan fingerprint density at radius 3 is 2.88 bits per heavy atom. The summed E-state index contributed by atoms with van der Waals surface area (Å²) in [6, 6.07) is 5.73. The molecule has 0 saturated heterocycles. The maximum Gasteiger partial charge on any atom is 0.276 e. The van der Waals surface area contributed by atoms with Gasteiger partial charge in [0.2, 0.25) is 0 Å². The Labute approximate surface area is 143 Å². The summed E-state index contributed by atoms with van der Waals surface area (Å²) < 4.78 is 1.80. The standard InChI is InChI=1S/C16H18N6OS/c17-6-1-15-19-13(11-24-15)16(23)20-14-5-10-22(21-14)9-4-12-2-7-18-8-3-12/h2-3,5,7-8,10-11H,1,4,6,9,17H2,(H,20,21,23). The molecule has 0 bridgehead atoms. The number of thiazole rings is 1. The van der Waals surface area contributed by atoms with E-state index in [0.29, 0.717) is 24.5 Å². The number of nitrogens with zero attached hydrogens (tertiary/aromatic N) is 4. The number of nitrogens with two attached hydrogens (primary N) is 1. The molecule has 0 aromatic carbocycles. The molecule has 0 fully saturated rings. The van der Waals surface area contributed by atoms with Crippen LogP contribution in [0.15, 0.2) is 42.2 Å². The summed E-state index contributed by atoms with van der Waals surface area (Å²) in [4.78, 5) is 20.4. The van der Waals surface area contributed by atoms with Gasteiger partial charge in [0.15, 0.2) is 5.82 Å². The molecule has 0 aliphatic carbocycles. The van der Waals surface area contributed by atoms with Crippen molar-refractivity contribution in [3.05, 3.63) is 58.4 Å². The third-order valence-corrected chi connectivity index (χ3v) is 4.31. The Kier molecular flexibility index (Phi) is 5.29. The number of amides is 1. The van der Waals surface area contributed by atoms with Crippen molar-refractivity contribution < 1.29 is 4.79 Å². The molecule has 0 spiro atoms. The van der Waals surface area contributed by atoms with Crippen LogP contribution in [0.1, 0.15) is 21.1 Å². The second-order valence-electron chi connectivity index (χ2n) is 5.19. The highest BCUT2D eigenvalue weighted by Crippen LogP contribution is 2.12. The summed E-state index contributed by atoms with van der Waals surface area (Å²) in [5.41, 5.74) is 7.09. The van der Waals surface area contributed by atoms with Crippen molar-refractivity contribution in [2.45, 2.75) is 19.4 Å². The quantitative estimate of drug-likeness (QED) is 0.681. The Morgan fingerprint density at radius 1 is 1.25 bits per heavy atom. The maximum atomic E-state index is 12.2.